The predicted molar refractivity (Wildman–Crippen MR) is 104 cm³/mol. The third kappa shape index (κ3) is 6.12. The Labute approximate surface area is 153 Å². The fourth-order valence-electron chi connectivity index (χ4n) is 2.31. The molecule has 6 nitrogen and oxygen atoms in total. The smallest absolute Gasteiger partial charge is 0.251 e. The van der Waals surface area contributed by atoms with E-state index < -0.39 is 0 Å². The third-order valence-electron chi connectivity index (χ3n) is 3.77. The fraction of sp³-hybridized carbons (Fsp3) is 0.300. The minimum atomic E-state index is -0.173. The molecule has 0 aromatic heterocycles. The maximum absolute atomic E-state index is 12.1. The van der Waals surface area contributed by atoms with Crippen molar-refractivity contribution in [1.29, 1.82) is 0 Å². The number of anilines is 2. The summed E-state index contributed by atoms with van der Waals surface area (Å²) in [6.45, 7) is 2.85. The molecule has 3 N–H and O–H groups in total. The van der Waals surface area contributed by atoms with Gasteiger partial charge in [0.2, 0.25) is 5.91 Å². The number of amides is 2. The van der Waals surface area contributed by atoms with E-state index in [4.69, 9.17) is 4.74 Å². The minimum absolute atomic E-state index is 0.104. The molecular formula is C20H25N3O3. The monoisotopic (exact) mass is 355 g/mol. The summed E-state index contributed by atoms with van der Waals surface area (Å²) in [4.78, 5) is 24.1. The van der Waals surface area contributed by atoms with Gasteiger partial charge in [0.15, 0.2) is 0 Å². The van der Waals surface area contributed by atoms with Crippen LogP contribution in [0.4, 0.5) is 11.4 Å². The van der Waals surface area contributed by atoms with Gasteiger partial charge in [-0.15, -0.1) is 0 Å². The van der Waals surface area contributed by atoms with Gasteiger partial charge in [0.05, 0.1) is 13.7 Å². The highest BCUT2D eigenvalue weighted by Crippen LogP contribution is 2.15. The van der Waals surface area contributed by atoms with Gasteiger partial charge < -0.3 is 20.7 Å². The molecule has 0 atom stereocenters. The van der Waals surface area contributed by atoms with Gasteiger partial charge in [0.25, 0.3) is 5.91 Å². The van der Waals surface area contributed by atoms with E-state index in [0.717, 1.165) is 24.3 Å². The van der Waals surface area contributed by atoms with Crippen LogP contribution < -0.4 is 20.7 Å². The Balaban J connectivity index is 1.85. The molecule has 0 bridgehead atoms. The molecule has 2 aromatic rings. The zero-order valence-electron chi connectivity index (χ0n) is 15.2. The molecule has 0 aliphatic carbocycles. The highest BCUT2D eigenvalue weighted by Gasteiger charge is 2.07. The summed E-state index contributed by atoms with van der Waals surface area (Å²) >= 11 is 0. The van der Waals surface area contributed by atoms with Crippen LogP contribution in [0.5, 0.6) is 5.75 Å². The lowest BCUT2D eigenvalue weighted by atomic mass is 10.2. The number of carbonyl (C=O) groups is 2. The summed E-state index contributed by atoms with van der Waals surface area (Å²) in [6.07, 6.45) is 1.99. The first-order valence-electron chi connectivity index (χ1n) is 8.68. The van der Waals surface area contributed by atoms with E-state index in [1.807, 2.05) is 6.07 Å². The molecule has 0 fully saturated rings. The highest BCUT2D eigenvalue weighted by molar-refractivity contribution is 5.96. The van der Waals surface area contributed by atoms with Crippen molar-refractivity contribution in [3.8, 4) is 5.75 Å². The quantitative estimate of drug-likeness (QED) is 0.603. The van der Waals surface area contributed by atoms with Gasteiger partial charge in [-0.05, 0) is 48.9 Å². The number of rotatable bonds is 9. The van der Waals surface area contributed by atoms with Crippen molar-refractivity contribution in [2.45, 2.75) is 19.8 Å². The molecule has 0 radical (unpaired) electrons. The summed E-state index contributed by atoms with van der Waals surface area (Å²) in [5.41, 5.74) is 1.99. The van der Waals surface area contributed by atoms with Crippen LogP contribution in [-0.4, -0.2) is 32.0 Å². The summed E-state index contributed by atoms with van der Waals surface area (Å²) in [7, 11) is 1.59. The lowest BCUT2D eigenvalue weighted by Gasteiger charge is -2.10. The van der Waals surface area contributed by atoms with Crippen molar-refractivity contribution in [1.82, 2.24) is 5.32 Å². The average Bonchev–Trinajstić information content (AvgIpc) is 2.67. The Morgan fingerprint density at radius 2 is 1.81 bits per heavy atom. The minimum Gasteiger partial charge on any atom is -0.497 e. The van der Waals surface area contributed by atoms with Crippen LogP contribution in [0, 0.1) is 0 Å². The van der Waals surface area contributed by atoms with Crippen LogP contribution in [0.2, 0.25) is 0 Å². The van der Waals surface area contributed by atoms with E-state index in [1.54, 1.807) is 49.6 Å². The Morgan fingerprint density at radius 1 is 1.04 bits per heavy atom. The second kappa shape index (κ2) is 10.1. The second-order valence-electron chi connectivity index (χ2n) is 5.82. The molecule has 0 aliphatic rings. The summed E-state index contributed by atoms with van der Waals surface area (Å²) in [5.74, 6) is 0.452. The molecule has 2 amide bonds. The average molecular weight is 355 g/mol. The van der Waals surface area contributed by atoms with Crippen LogP contribution in [-0.2, 0) is 4.79 Å². The zero-order chi connectivity index (χ0) is 18.8. The Bertz CT molecular complexity index is 729. The highest BCUT2D eigenvalue weighted by atomic mass is 16.5. The van der Waals surface area contributed by atoms with Crippen LogP contribution in [0.25, 0.3) is 0 Å². The van der Waals surface area contributed by atoms with Gasteiger partial charge in [0, 0.05) is 23.5 Å². The Morgan fingerprint density at radius 3 is 2.50 bits per heavy atom. The van der Waals surface area contributed by atoms with Crippen LogP contribution in [0.1, 0.15) is 30.1 Å². The number of carbonyl (C=O) groups excluding carboxylic acids is 2. The number of hydrogen-bond donors (Lipinski definition) is 3. The molecule has 0 saturated heterocycles. The van der Waals surface area contributed by atoms with E-state index in [1.165, 1.54) is 0 Å². The number of hydrogen-bond acceptors (Lipinski definition) is 4. The topological polar surface area (TPSA) is 79.5 Å². The summed E-state index contributed by atoms with van der Waals surface area (Å²) in [6, 6.07) is 14.2. The molecular weight excluding hydrogens is 330 g/mol. The molecule has 0 unspecified atom stereocenters. The van der Waals surface area contributed by atoms with Gasteiger partial charge in [-0.2, -0.15) is 0 Å². The van der Waals surface area contributed by atoms with E-state index in [2.05, 4.69) is 22.9 Å². The van der Waals surface area contributed by atoms with Gasteiger partial charge >= 0.3 is 0 Å². The van der Waals surface area contributed by atoms with E-state index in [9.17, 15) is 9.59 Å². The Hall–Kier alpha value is -3.02. The van der Waals surface area contributed by atoms with Gasteiger partial charge in [-0.25, -0.2) is 0 Å². The SMILES string of the molecule is CCCCNC(=O)c1cccc(NCC(=O)Nc2ccc(OC)cc2)c1. The standard InChI is InChI=1S/C20H25N3O3/c1-3-4-12-21-20(25)15-6-5-7-17(13-15)22-14-19(24)23-16-8-10-18(26-2)11-9-16/h5-11,13,22H,3-4,12,14H2,1-2H3,(H,21,25)(H,23,24). The van der Waals surface area contributed by atoms with E-state index >= 15 is 0 Å². The molecule has 6 heteroatoms. The van der Waals surface area contributed by atoms with Gasteiger partial charge in [-0.3, -0.25) is 9.59 Å². The van der Waals surface area contributed by atoms with Crippen molar-refractivity contribution < 1.29 is 14.3 Å². The first kappa shape index (κ1) is 19.3. The molecule has 0 spiro atoms. The van der Waals surface area contributed by atoms with E-state index in [0.29, 0.717) is 17.8 Å². The van der Waals surface area contributed by atoms with Crippen LogP contribution >= 0.6 is 0 Å². The molecule has 2 aromatic carbocycles. The fourth-order valence-corrected chi connectivity index (χ4v) is 2.31. The number of nitrogens with one attached hydrogen (secondary N) is 3. The molecule has 0 saturated carbocycles. The van der Waals surface area contributed by atoms with Crippen molar-refractivity contribution >= 4 is 23.2 Å². The molecule has 2 rings (SSSR count). The molecule has 138 valence electrons. The first-order valence-corrected chi connectivity index (χ1v) is 8.68. The van der Waals surface area contributed by atoms with Crippen LogP contribution in [0.3, 0.4) is 0 Å². The van der Waals surface area contributed by atoms with Crippen molar-refractivity contribution in [2.75, 3.05) is 30.8 Å². The van der Waals surface area contributed by atoms with Crippen molar-refractivity contribution in [3.63, 3.8) is 0 Å². The van der Waals surface area contributed by atoms with Crippen molar-refractivity contribution in [2.24, 2.45) is 0 Å². The lowest BCUT2D eigenvalue weighted by molar-refractivity contribution is -0.114. The third-order valence-corrected chi connectivity index (χ3v) is 3.77. The Kier molecular flexibility index (Phi) is 7.49. The number of methoxy groups -OCH3 is 1. The second-order valence-corrected chi connectivity index (χ2v) is 5.82. The predicted octanol–water partition coefficient (Wildman–Crippen LogP) is 3.28. The zero-order valence-corrected chi connectivity index (χ0v) is 15.2. The largest absolute Gasteiger partial charge is 0.497 e. The number of benzene rings is 2. The maximum Gasteiger partial charge on any atom is 0.251 e. The lowest BCUT2D eigenvalue weighted by Crippen LogP contribution is -2.25. The normalized spacial score (nSPS) is 10.1. The molecule has 0 aliphatic heterocycles. The molecule has 26 heavy (non-hydrogen) atoms. The van der Waals surface area contributed by atoms with Crippen LogP contribution in [0.15, 0.2) is 48.5 Å². The van der Waals surface area contributed by atoms with Gasteiger partial charge in [-0.1, -0.05) is 19.4 Å². The van der Waals surface area contributed by atoms with Gasteiger partial charge in [0.1, 0.15) is 5.75 Å². The first-order chi connectivity index (χ1) is 12.6. The summed E-state index contributed by atoms with van der Waals surface area (Å²) < 4.78 is 5.08. The number of unbranched alkanes of at least 4 members (excludes halogenated alkanes) is 1. The number of ether oxygens (including phenoxy) is 1. The molecule has 0 heterocycles. The maximum atomic E-state index is 12.1. The van der Waals surface area contributed by atoms with Crippen molar-refractivity contribution in [3.05, 3.63) is 54.1 Å². The van der Waals surface area contributed by atoms with E-state index in [-0.39, 0.29) is 18.4 Å². The summed E-state index contributed by atoms with van der Waals surface area (Å²) in [5, 5.41) is 8.71.